The molecule has 0 bridgehead atoms. The van der Waals surface area contributed by atoms with Gasteiger partial charge in [-0.15, -0.1) is 0 Å². The minimum absolute atomic E-state index is 0.0944. The first-order valence-corrected chi connectivity index (χ1v) is 15.4. The van der Waals surface area contributed by atoms with E-state index in [9.17, 15) is 19.8 Å². The molecule has 4 N–H and O–H groups in total. The average Bonchev–Trinajstić information content (AvgIpc) is 3.13. The summed E-state index contributed by atoms with van der Waals surface area (Å²) in [6.07, 6.45) is -1.24. The summed E-state index contributed by atoms with van der Waals surface area (Å²) in [5, 5.41) is 25.4. The number of amides is 2. The first kappa shape index (κ1) is 32.2. The molecule has 6 rings (SSSR count). The summed E-state index contributed by atoms with van der Waals surface area (Å²) in [7, 11) is 0. The molecule has 0 aliphatic heterocycles. The van der Waals surface area contributed by atoms with Crippen LogP contribution in [-0.2, 0) is 13.1 Å². The summed E-state index contributed by atoms with van der Waals surface area (Å²) in [4.78, 5) is 25.3. The maximum Gasteiger partial charge on any atom is 0.412 e. The Balaban J connectivity index is 1.27. The van der Waals surface area contributed by atoms with Gasteiger partial charge in [0.25, 0.3) is 0 Å². The number of hydrogen-bond donors (Lipinski definition) is 4. The minimum Gasteiger partial charge on any atom is -0.508 e. The predicted octanol–water partition coefficient (Wildman–Crippen LogP) is 8.80. The highest BCUT2D eigenvalue weighted by Gasteiger charge is 2.17. The molecule has 0 saturated carbocycles. The first-order chi connectivity index (χ1) is 23.9. The normalized spacial score (nSPS) is 10.5. The summed E-state index contributed by atoms with van der Waals surface area (Å²) in [5.74, 6) is 1.61. The van der Waals surface area contributed by atoms with Crippen molar-refractivity contribution in [2.24, 2.45) is 0 Å². The van der Waals surface area contributed by atoms with Crippen LogP contribution in [0.25, 0.3) is 22.3 Å². The van der Waals surface area contributed by atoms with Crippen LogP contribution in [0.3, 0.4) is 0 Å². The minimum atomic E-state index is -0.618. The van der Waals surface area contributed by atoms with Gasteiger partial charge in [0.15, 0.2) is 0 Å². The van der Waals surface area contributed by atoms with Gasteiger partial charge in [-0.05, 0) is 82.9 Å². The van der Waals surface area contributed by atoms with E-state index in [1.165, 1.54) is 0 Å². The molecule has 0 radical (unpaired) electrons. The first-order valence-electron chi connectivity index (χ1n) is 15.4. The zero-order valence-electron chi connectivity index (χ0n) is 26.2. The number of carbonyl (C=O) groups is 2. The molecule has 6 aromatic carbocycles. The number of benzene rings is 6. The van der Waals surface area contributed by atoms with Crippen LogP contribution in [0.15, 0.2) is 146 Å². The Kier molecular flexibility index (Phi) is 10.0. The van der Waals surface area contributed by atoms with Crippen LogP contribution in [0.1, 0.15) is 11.1 Å². The van der Waals surface area contributed by atoms with Crippen LogP contribution in [0.5, 0.6) is 34.5 Å². The molecule has 9 nitrogen and oxygen atoms in total. The van der Waals surface area contributed by atoms with Gasteiger partial charge in [-0.1, -0.05) is 84.9 Å². The van der Waals surface area contributed by atoms with Gasteiger partial charge in [-0.2, -0.15) is 0 Å². The Morgan fingerprint density at radius 2 is 0.878 bits per heavy atom. The van der Waals surface area contributed by atoms with E-state index in [0.717, 1.165) is 11.1 Å². The zero-order chi connectivity index (χ0) is 34.0. The van der Waals surface area contributed by atoms with Crippen molar-refractivity contribution in [2.45, 2.75) is 13.1 Å². The van der Waals surface area contributed by atoms with Crippen LogP contribution in [0.4, 0.5) is 9.59 Å². The Morgan fingerprint density at radius 3 is 1.27 bits per heavy atom. The van der Waals surface area contributed by atoms with Crippen molar-refractivity contribution < 1.29 is 34.0 Å². The fraction of sp³-hybridized carbons (Fsp3) is 0.0500. The van der Waals surface area contributed by atoms with Crippen LogP contribution in [-0.4, -0.2) is 22.4 Å². The van der Waals surface area contributed by atoms with E-state index in [1.807, 2.05) is 60.7 Å². The molecule has 244 valence electrons. The van der Waals surface area contributed by atoms with Crippen molar-refractivity contribution in [3.8, 4) is 56.8 Å². The highest BCUT2D eigenvalue weighted by atomic mass is 16.6. The van der Waals surface area contributed by atoms with Gasteiger partial charge in [-0.25, -0.2) is 9.59 Å². The molecular weight excluding hydrogens is 620 g/mol. The third kappa shape index (κ3) is 8.75. The van der Waals surface area contributed by atoms with Crippen LogP contribution in [0, 0.1) is 0 Å². The SMILES string of the molecule is O=C(NCc1ccccc1)Oc1ccc(Oc2ccc(OC(=O)NCc3ccccc3)cc2-c2ccc(O)cc2)c(-c2ccc(O)cc2)c1. The van der Waals surface area contributed by atoms with Crippen LogP contribution < -0.4 is 24.8 Å². The molecule has 9 heteroatoms. The predicted molar refractivity (Wildman–Crippen MR) is 186 cm³/mol. The molecule has 0 unspecified atom stereocenters. The Labute approximate surface area is 283 Å². The zero-order valence-corrected chi connectivity index (χ0v) is 26.2. The van der Waals surface area contributed by atoms with Gasteiger partial charge in [0.2, 0.25) is 0 Å². The summed E-state index contributed by atoms with van der Waals surface area (Å²) in [6, 6.07) is 42.1. The lowest BCUT2D eigenvalue weighted by atomic mass is 10.0. The molecule has 0 aromatic heterocycles. The molecule has 49 heavy (non-hydrogen) atoms. The summed E-state index contributed by atoms with van der Waals surface area (Å²) in [6.45, 7) is 0.611. The molecule has 0 atom stereocenters. The van der Waals surface area contributed by atoms with E-state index in [-0.39, 0.29) is 23.0 Å². The van der Waals surface area contributed by atoms with E-state index in [1.54, 1.807) is 84.9 Å². The standard InChI is InChI=1S/C40H32N2O7/c43-31-15-11-29(12-16-31)35-23-33(47-39(45)41-25-27-7-3-1-4-8-27)19-21-37(35)49-38-22-20-34(24-36(38)30-13-17-32(44)18-14-30)48-40(46)42-26-28-9-5-2-6-10-28/h1-24,43-44H,25-26H2,(H,41,45)(H,42,46). The summed E-state index contributed by atoms with van der Waals surface area (Å²) in [5.41, 5.74) is 4.44. The number of nitrogens with one attached hydrogen (secondary N) is 2. The fourth-order valence-corrected chi connectivity index (χ4v) is 5.00. The topological polar surface area (TPSA) is 126 Å². The number of rotatable bonds is 10. The van der Waals surface area contributed by atoms with Gasteiger partial charge in [0.05, 0.1) is 0 Å². The van der Waals surface area contributed by atoms with E-state index in [2.05, 4.69) is 10.6 Å². The number of ether oxygens (including phenoxy) is 3. The van der Waals surface area contributed by atoms with Crippen molar-refractivity contribution >= 4 is 12.2 Å². The monoisotopic (exact) mass is 652 g/mol. The smallest absolute Gasteiger partial charge is 0.412 e. The maximum atomic E-state index is 12.6. The number of carbonyl (C=O) groups excluding carboxylic acids is 2. The van der Waals surface area contributed by atoms with Gasteiger partial charge in [0.1, 0.15) is 34.5 Å². The summed E-state index contributed by atoms with van der Waals surface area (Å²) >= 11 is 0. The quantitative estimate of drug-likeness (QED) is 0.117. The van der Waals surface area contributed by atoms with Crippen LogP contribution in [0.2, 0.25) is 0 Å². The van der Waals surface area contributed by atoms with E-state index < -0.39 is 12.2 Å². The van der Waals surface area contributed by atoms with Gasteiger partial charge in [-0.3, -0.25) is 0 Å². The van der Waals surface area contributed by atoms with E-state index >= 15 is 0 Å². The van der Waals surface area contributed by atoms with Crippen molar-refractivity contribution in [3.63, 3.8) is 0 Å². The molecule has 6 aromatic rings. The van der Waals surface area contributed by atoms with Crippen LogP contribution >= 0.6 is 0 Å². The molecule has 2 amide bonds. The van der Waals surface area contributed by atoms with Crippen molar-refractivity contribution in [1.82, 2.24) is 10.6 Å². The molecular formula is C40H32N2O7. The molecule has 0 fully saturated rings. The number of phenolic OH excluding ortho intramolecular Hbond substituents is 2. The highest BCUT2D eigenvalue weighted by molar-refractivity contribution is 5.78. The number of phenols is 2. The van der Waals surface area contributed by atoms with Gasteiger partial charge >= 0.3 is 12.2 Å². The van der Waals surface area contributed by atoms with Gasteiger partial charge in [0, 0.05) is 24.2 Å². The van der Waals surface area contributed by atoms with E-state index in [4.69, 9.17) is 14.2 Å². The molecule has 0 heterocycles. The second kappa shape index (κ2) is 15.2. The maximum absolute atomic E-state index is 12.6. The number of hydrogen-bond acceptors (Lipinski definition) is 7. The summed E-state index contributed by atoms with van der Waals surface area (Å²) < 4.78 is 17.7. The fourth-order valence-electron chi connectivity index (χ4n) is 5.00. The largest absolute Gasteiger partial charge is 0.508 e. The van der Waals surface area contributed by atoms with Crippen molar-refractivity contribution in [2.75, 3.05) is 0 Å². The number of aromatic hydroxyl groups is 2. The Morgan fingerprint density at radius 1 is 0.490 bits per heavy atom. The Bertz CT molecular complexity index is 1880. The second-order valence-electron chi connectivity index (χ2n) is 11.0. The van der Waals surface area contributed by atoms with Gasteiger partial charge < -0.3 is 35.1 Å². The van der Waals surface area contributed by atoms with Crippen molar-refractivity contribution in [1.29, 1.82) is 0 Å². The lowest BCUT2D eigenvalue weighted by Gasteiger charge is -2.17. The molecule has 0 aliphatic carbocycles. The lowest BCUT2D eigenvalue weighted by Crippen LogP contribution is -2.26. The third-order valence-electron chi connectivity index (χ3n) is 7.46. The van der Waals surface area contributed by atoms with Crippen molar-refractivity contribution in [3.05, 3.63) is 157 Å². The molecule has 0 aliphatic rings. The molecule has 0 saturated heterocycles. The lowest BCUT2D eigenvalue weighted by molar-refractivity contribution is 0.199. The second-order valence-corrected chi connectivity index (χ2v) is 11.0. The highest BCUT2D eigenvalue weighted by Crippen LogP contribution is 2.41. The Hall–Kier alpha value is -6.74. The third-order valence-corrected chi connectivity index (χ3v) is 7.46. The van der Waals surface area contributed by atoms with E-state index in [0.29, 0.717) is 46.8 Å². The average molecular weight is 653 g/mol. The molecule has 0 spiro atoms.